The molecule has 0 atom stereocenters. The van der Waals surface area contributed by atoms with Crippen LogP contribution >= 0.6 is 23.2 Å². The minimum absolute atomic E-state index is 0.167. The molecule has 0 aromatic heterocycles. The van der Waals surface area contributed by atoms with E-state index in [2.05, 4.69) is 5.10 Å². The summed E-state index contributed by atoms with van der Waals surface area (Å²) in [7, 11) is 1.28. The fraction of sp³-hybridized carbons (Fsp3) is 0.0952. The lowest BCUT2D eigenvalue weighted by Gasteiger charge is -2.12. The summed E-state index contributed by atoms with van der Waals surface area (Å²) >= 11 is 12.1. The van der Waals surface area contributed by atoms with Crippen LogP contribution in [0.4, 0.5) is 0 Å². The van der Waals surface area contributed by atoms with Gasteiger partial charge in [-0.2, -0.15) is 9.78 Å². The third-order valence-corrected chi connectivity index (χ3v) is 5.36. The SMILES string of the molecule is COC(=O)c1cn(-c2ccc(Cl)c(Cl)c2)cc2c(=O)n(-c3ccccc3C)nc1-2. The molecule has 8 heteroatoms. The maximum atomic E-state index is 13.1. The van der Waals surface area contributed by atoms with Crippen molar-refractivity contribution in [3.05, 3.63) is 86.4 Å². The Morgan fingerprint density at radius 1 is 1.07 bits per heavy atom. The molecule has 29 heavy (non-hydrogen) atoms. The van der Waals surface area contributed by atoms with Gasteiger partial charge in [0.1, 0.15) is 11.3 Å². The Morgan fingerprint density at radius 3 is 2.52 bits per heavy atom. The minimum atomic E-state index is -0.598. The van der Waals surface area contributed by atoms with Crippen molar-refractivity contribution in [2.75, 3.05) is 7.11 Å². The molecule has 146 valence electrons. The molecule has 2 aliphatic heterocycles. The fourth-order valence-corrected chi connectivity index (χ4v) is 3.42. The van der Waals surface area contributed by atoms with Gasteiger partial charge in [-0.25, -0.2) is 4.79 Å². The summed E-state index contributed by atoms with van der Waals surface area (Å²) in [5, 5.41) is 5.18. The Kier molecular flexibility index (Phi) is 4.90. The highest BCUT2D eigenvalue weighted by Crippen LogP contribution is 2.28. The number of esters is 1. The van der Waals surface area contributed by atoms with Crippen molar-refractivity contribution in [2.45, 2.75) is 6.92 Å². The van der Waals surface area contributed by atoms with Crippen molar-refractivity contribution in [1.29, 1.82) is 0 Å². The highest BCUT2D eigenvalue weighted by molar-refractivity contribution is 6.42. The maximum absolute atomic E-state index is 13.1. The number of carbonyl (C=O) groups is 1. The van der Waals surface area contributed by atoms with Crippen molar-refractivity contribution in [3.63, 3.8) is 0 Å². The lowest BCUT2D eigenvalue weighted by molar-refractivity contribution is 0.0600. The number of aromatic nitrogens is 3. The van der Waals surface area contributed by atoms with Crippen LogP contribution in [-0.2, 0) is 4.74 Å². The lowest BCUT2D eigenvalue weighted by Crippen LogP contribution is -2.16. The van der Waals surface area contributed by atoms with Crippen LogP contribution in [0.1, 0.15) is 15.9 Å². The van der Waals surface area contributed by atoms with Crippen LogP contribution in [0.5, 0.6) is 0 Å². The molecule has 2 aliphatic rings. The first kappa shape index (κ1) is 19.2. The molecule has 0 saturated carbocycles. The summed E-state index contributed by atoms with van der Waals surface area (Å²) in [6.45, 7) is 1.89. The van der Waals surface area contributed by atoms with Gasteiger partial charge in [-0.05, 0) is 36.8 Å². The van der Waals surface area contributed by atoms with Crippen molar-refractivity contribution in [1.82, 2.24) is 14.3 Å². The molecule has 0 radical (unpaired) electrons. The van der Waals surface area contributed by atoms with E-state index in [-0.39, 0.29) is 22.4 Å². The third-order valence-electron chi connectivity index (χ3n) is 4.62. The second-order valence-corrected chi connectivity index (χ2v) is 7.25. The van der Waals surface area contributed by atoms with Gasteiger partial charge in [-0.1, -0.05) is 41.4 Å². The number of pyridine rings is 1. The van der Waals surface area contributed by atoms with Gasteiger partial charge in [0.25, 0.3) is 5.56 Å². The van der Waals surface area contributed by atoms with Crippen molar-refractivity contribution >= 4 is 29.2 Å². The van der Waals surface area contributed by atoms with E-state index in [4.69, 9.17) is 27.9 Å². The van der Waals surface area contributed by atoms with E-state index >= 15 is 0 Å². The van der Waals surface area contributed by atoms with Crippen molar-refractivity contribution in [2.24, 2.45) is 0 Å². The van der Waals surface area contributed by atoms with E-state index in [0.717, 1.165) is 5.56 Å². The molecule has 0 spiro atoms. The van der Waals surface area contributed by atoms with Gasteiger partial charge in [-0.3, -0.25) is 4.79 Å². The van der Waals surface area contributed by atoms with Gasteiger partial charge >= 0.3 is 5.97 Å². The van der Waals surface area contributed by atoms with Gasteiger partial charge in [-0.15, -0.1) is 0 Å². The molecule has 0 fully saturated rings. The molecule has 2 heterocycles. The van der Waals surface area contributed by atoms with Crippen molar-refractivity contribution < 1.29 is 9.53 Å². The first-order valence-corrected chi connectivity index (χ1v) is 9.41. The number of nitrogens with zero attached hydrogens (tertiary/aromatic N) is 3. The van der Waals surface area contributed by atoms with Gasteiger partial charge in [0.2, 0.25) is 0 Å². The largest absolute Gasteiger partial charge is 0.465 e. The molecule has 2 aromatic rings. The number of para-hydroxylation sites is 1. The predicted molar refractivity (Wildman–Crippen MR) is 112 cm³/mol. The van der Waals surface area contributed by atoms with E-state index in [1.165, 1.54) is 11.8 Å². The van der Waals surface area contributed by atoms with Crippen LogP contribution in [0.25, 0.3) is 22.6 Å². The Hall–Kier alpha value is -3.09. The Labute approximate surface area is 176 Å². The van der Waals surface area contributed by atoms with Crippen LogP contribution in [0, 0.1) is 6.92 Å². The zero-order valence-corrected chi connectivity index (χ0v) is 17.0. The number of halogens is 2. The van der Waals surface area contributed by atoms with Crippen LogP contribution in [0.15, 0.2) is 59.7 Å². The van der Waals surface area contributed by atoms with E-state index < -0.39 is 5.97 Å². The standard InChI is InChI=1S/C21H15Cl2N3O3/c1-12-5-3-4-6-18(12)26-20(27)14-10-25(13-7-8-16(22)17(23)9-13)11-15(19(14)24-26)21(28)29-2/h3-11H,1-2H3. The Bertz CT molecular complexity index is 1280. The normalized spacial score (nSPS) is 11.0. The zero-order valence-electron chi connectivity index (χ0n) is 15.5. The van der Waals surface area contributed by atoms with Gasteiger partial charge in [0.05, 0.1) is 28.4 Å². The molecule has 2 aromatic carbocycles. The average molecular weight is 428 g/mol. The third kappa shape index (κ3) is 3.30. The molecule has 0 N–H and O–H groups in total. The lowest BCUT2D eigenvalue weighted by atomic mass is 10.1. The van der Waals surface area contributed by atoms with Gasteiger partial charge in [0, 0.05) is 18.1 Å². The number of aryl methyl sites for hydroxylation is 1. The smallest absolute Gasteiger partial charge is 0.341 e. The minimum Gasteiger partial charge on any atom is -0.465 e. The Morgan fingerprint density at radius 2 is 1.83 bits per heavy atom. The average Bonchev–Trinajstić information content (AvgIpc) is 3.05. The monoisotopic (exact) mass is 427 g/mol. The van der Waals surface area contributed by atoms with Crippen LogP contribution < -0.4 is 5.56 Å². The number of methoxy groups -OCH3 is 1. The van der Waals surface area contributed by atoms with E-state index in [1.54, 1.807) is 41.2 Å². The molecule has 0 aliphatic carbocycles. The highest BCUT2D eigenvalue weighted by Gasteiger charge is 2.25. The molecule has 0 unspecified atom stereocenters. The molecule has 6 nitrogen and oxygen atoms in total. The number of fused-ring (bicyclic) bond motifs is 1. The van der Waals surface area contributed by atoms with E-state index in [0.29, 0.717) is 21.4 Å². The first-order valence-electron chi connectivity index (χ1n) is 8.65. The fourth-order valence-electron chi connectivity index (χ4n) is 3.12. The predicted octanol–water partition coefficient (Wildman–Crippen LogP) is 4.53. The summed E-state index contributed by atoms with van der Waals surface area (Å²) in [5.41, 5.74) is 2.53. The summed E-state index contributed by atoms with van der Waals surface area (Å²) in [6.07, 6.45) is 3.17. The number of rotatable bonds is 3. The summed E-state index contributed by atoms with van der Waals surface area (Å²) in [4.78, 5) is 25.6. The quantitative estimate of drug-likeness (QED) is 0.450. The second-order valence-electron chi connectivity index (χ2n) is 6.43. The van der Waals surface area contributed by atoms with Crippen LogP contribution in [0.3, 0.4) is 0 Å². The number of hydrogen-bond acceptors (Lipinski definition) is 4. The number of benzene rings is 2. The summed E-state index contributed by atoms with van der Waals surface area (Å²) in [6, 6.07) is 12.4. The number of ether oxygens (including phenoxy) is 1. The van der Waals surface area contributed by atoms with Gasteiger partial charge < -0.3 is 9.30 Å². The van der Waals surface area contributed by atoms with Gasteiger partial charge in [0.15, 0.2) is 0 Å². The van der Waals surface area contributed by atoms with Crippen LogP contribution in [0.2, 0.25) is 10.0 Å². The maximum Gasteiger partial charge on any atom is 0.341 e. The molecular formula is C21H15Cl2N3O3. The zero-order chi connectivity index (χ0) is 20.7. The van der Waals surface area contributed by atoms with E-state index in [1.807, 2.05) is 25.1 Å². The molecule has 4 rings (SSSR count). The molecular weight excluding hydrogens is 413 g/mol. The number of hydrogen-bond donors (Lipinski definition) is 0. The molecule has 0 bridgehead atoms. The first-order chi connectivity index (χ1) is 13.9. The molecule has 0 amide bonds. The summed E-state index contributed by atoms with van der Waals surface area (Å²) < 4.78 is 7.83. The summed E-state index contributed by atoms with van der Waals surface area (Å²) in [5.74, 6) is -0.598. The topological polar surface area (TPSA) is 66.1 Å². The highest BCUT2D eigenvalue weighted by atomic mass is 35.5. The van der Waals surface area contributed by atoms with E-state index in [9.17, 15) is 9.59 Å². The Balaban J connectivity index is 2.02. The van der Waals surface area contributed by atoms with Crippen LogP contribution in [-0.4, -0.2) is 27.4 Å². The number of carbonyl (C=O) groups excluding carboxylic acids is 1. The second kappa shape index (κ2) is 7.39. The molecule has 0 saturated heterocycles. The van der Waals surface area contributed by atoms with Crippen molar-refractivity contribution in [3.8, 4) is 22.6 Å².